The first kappa shape index (κ1) is 16.0. The van der Waals surface area contributed by atoms with Gasteiger partial charge in [-0.25, -0.2) is 0 Å². The van der Waals surface area contributed by atoms with E-state index in [-0.39, 0.29) is 12.5 Å². The number of hydrogen-bond donors (Lipinski definition) is 3. The number of rotatable bonds is 6. The summed E-state index contributed by atoms with van der Waals surface area (Å²) in [7, 11) is 1.48. The highest BCUT2D eigenvalue weighted by Crippen LogP contribution is 2.28. The van der Waals surface area contributed by atoms with Gasteiger partial charge in [-0.3, -0.25) is 9.59 Å². The van der Waals surface area contributed by atoms with Crippen molar-refractivity contribution in [3.63, 3.8) is 0 Å². The largest absolute Gasteiger partial charge is 0.495 e. The summed E-state index contributed by atoms with van der Waals surface area (Å²) >= 11 is 0. The van der Waals surface area contributed by atoms with Gasteiger partial charge in [0.2, 0.25) is 11.8 Å². The van der Waals surface area contributed by atoms with Crippen molar-refractivity contribution in [2.45, 2.75) is 20.3 Å². The third kappa shape index (κ3) is 3.27. The number of primary amides is 1. The fourth-order valence-corrected chi connectivity index (χ4v) is 1.63. The van der Waals surface area contributed by atoms with Gasteiger partial charge in [0.25, 0.3) is 0 Å². The van der Waals surface area contributed by atoms with Crippen LogP contribution in [0.25, 0.3) is 0 Å². The second-order valence-corrected chi connectivity index (χ2v) is 4.85. The molecule has 0 aliphatic carbocycles. The highest BCUT2D eigenvalue weighted by molar-refractivity contribution is 5.99. The van der Waals surface area contributed by atoms with Crippen LogP contribution < -0.4 is 21.5 Å². The molecule has 0 heterocycles. The molecular formula is C14H21N3O3. The Morgan fingerprint density at radius 1 is 1.40 bits per heavy atom. The van der Waals surface area contributed by atoms with E-state index in [0.717, 1.165) is 0 Å². The predicted molar refractivity (Wildman–Crippen MR) is 77.6 cm³/mol. The number of amides is 2. The molecule has 2 amide bonds. The molecule has 1 aromatic rings. The van der Waals surface area contributed by atoms with E-state index in [1.165, 1.54) is 13.2 Å². The summed E-state index contributed by atoms with van der Waals surface area (Å²) in [5.74, 6) is -0.332. The van der Waals surface area contributed by atoms with Gasteiger partial charge in [-0.15, -0.1) is 0 Å². The van der Waals surface area contributed by atoms with E-state index in [9.17, 15) is 9.59 Å². The Bertz CT molecular complexity index is 510. The number of hydrogen-bond acceptors (Lipinski definition) is 4. The van der Waals surface area contributed by atoms with Crippen LogP contribution in [0.5, 0.6) is 5.75 Å². The van der Waals surface area contributed by atoms with Gasteiger partial charge in [0.1, 0.15) is 5.75 Å². The molecular weight excluding hydrogens is 258 g/mol. The fourth-order valence-electron chi connectivity index (χ4n) is 1.63. The Morgan fingerprint density at radius 3 is 2.50 bits per heavy atom. The first-order chi connectivity index (χ1) is 9.37. The molecule has 6 nitrogen and oxygen atoms in total. The van der Waals surface area contributed by atoms with Crippen LogP contribution in [0.3, 0.4) is 0 Å². The number of nitrogens with two attached hydrogens (primary N) is 2. The van der Waals surface area contributed by atoms with Gasteiger partial charge >= 0.3 is 0 Å². The number of nitrogens with one attached hydrogen (secondary N) is 1. The lowest BCUT2D eigenvalue weighted by Crippen LogP contribution is -2.39. The maximum atomic E-state index is 12.3. The van der Waals surface area contributed by atoms with E-state index in [0.29, 0.717) is 23.4 Å². The van der Waals surface area contributed by atoms with Crippen molar-refractivity contribution in [2.24, 2.45) is 16.9 Å². The predicted octanol–water partition coefficient (Wildman–Crippen LogP) is 1.11. The molecule has 0 spiro atoms. The molecule has 0 saturated heterocycles. The minimum absolute atomic E-state index is 0.220. The topological polar surface area (TPSA) is 107 Å². The normalized spacial score (nSPS) is 13.4. The van der Waals surface area contributed by atoms with Crippen LogP contribution in [0.1, 0.15) is 30.6 Å². The van der Waals surface area contributed by atoms with Gasteiger partial charge < -0.3 is 21.5 Å². The highest BCUT2D eigenvalue weighted by atomic mass is 16.5. The molecule has 20 heavy (non-hydrogen) atoms. The monoisotopic (exact) mass is 279 g/mol. The van der Waals surface area contributed by atoms with Gasteiger partial charge in [0.05, 0.1) is 18.2 Å². The number of methoxy groups -OCH3 is 1. The molecule has 0 fully saturated rings. The van der Waals surface area contributed by atoms with E-state index >= 15 is 0 Å². The van der Waals surface area contributed by atoms with Crippen molar-refractivity contribution in [2.75, 3.05) is 19.0 Å². The molecule has 0 aromatic heterocycles. The average molecular weight is 279 g/mol. The van der Waals surface area contributed by atoms with Crippen molar-refractivity contribution in [3.05, 3.63) is 23.8 Å². The van der Waals surface area contributed by atoms with E-state index in [2.05, 4.69) is 5.32 Å². The molecule has 1 rings (SSSR count). The Kier molecular flexibility index (Phi) is 5.10. The number of benzene rings is 1. The first-order valence-electron chi connectivity index (χ1n) is 6.37. The molecule has 0 radical (unpaired) electrons. The molecule has 0 saturated carbocycles. The third-order valence-electron chi connectivity index (χ3n) is 3.51. The summed E-state index contributed by atoms with van der Waals surface area (Å²) in [5.41, 5.74) is 10.9. The van der Waals surface area contributed by atoms with E-state index in [1.54, 1.807) is 19.1 Å². The Morgan fingerprint density at radius 2 is 2.05 bits per heavy atom. The van der Waals surface area contributed by atoms with Crippen LogP contribution >= 0.6 is 0 Å². The minimum Gasteiger partial charge on any atom is -0.495 e. The van der Waals surface area contributed by atoms with E-state index < -0.39 is 11.3 Å². The van der Waals surface area contributed by atoms with Crippen LogP contribution in [0, 0.1) is 5.41 Å². The quantitative estimate of drug-likeness (QED) is 0.724. The summed E-state index contributed by atoms with van der Waals surface area (Å²) in [6, 6.07) is 4.62. The lowest BCUT2D eigenvalue weighted by molar-refractivity contribution is -0.124. The Labute approximate surface area is 118 Å². The van der Waals surface area contributed by atoms with E-state index in [4.69, 9.17) is 16.2 Å². The maximum Gasteiger partial charge on any atom is 0.248 e. The van der Waals surface area contributed by atoms with Crippen LogP contribution in [-0.4, -0.2) is 25.5 Å². The second kappa shape index (κ2) is 6.38. The van der Waals surface area contributed by atoms with Crippen molar-refractivity contribution < 1.29 is 14.3 Å². The smallest absolute Gasteiger partial charge is 0.248 e. The molecule has 0 aliphatic heterocycles. The SMILES string of the molecule is CCC(C)(CN)C(=O)Nc1cc(C(N)=O)ccc1OC. The van der Waals surface area contributed by atoms with Crippen molar-refractivity contribution in [1.82, 2.24) is 0 Å². The number of carbonyl (C=O) groups is 2. The zero-order valence-electron chi connectivity index (χ0n) is 12.0. The standard InChI is InChI=1S/C14H21N3O3/c1-4-14(2,8-15)13(19)17-10-7-9(12(16)18)5-6-11(10)20-3/h5-7H,4,8,15H2,1-3H3,(H2,16,18)(H,17,19). The lowest BCUT2D eigenvalue weighted by atomic mass is 9.86. The van der Waals surface area contributed by atoms with Crippen LogP contribution in [0.15, 0.2) is 18.2 Å². The summed E-state index contributed by atoms with van der Waals surface area (Å²) in [4.78, 5) is 23.5. The van der Waals surface area contributed by atoms with Crippen LogP contribution in [0.2, 0.25) is 0 Å². The van der Waals surface area contributed by atoms with Crippen LogP contribution in [0.4, 0.5) is 5.69 Å². The highest BCUT2D eigenvalue weighted by Gasteiger charge is 2.30. The average Bonchev–Trinajstić information content (AvgIpc) is 2.46. The third-order valence-corrected chi connectivity index (χ3v) is 3.51. The summed E-state index contributed by atoms with van der Waals surface area (Å²) < 4.78 is 5.16. The number of carbonyl (C=O) groups excluding carboxylic acids is 2. The molecule has 1 atom stereocenters. The summed E-state index contributed by atoms with van der Waals surface area (Å²) in [6.07, 6.45) is 0.604. The Hall–Kier alpha value is -2.08. The molecule has 1 aromatic carbocycles. The molecule has 1 unspecified atom stereocenters. The number of anilines is 1. The van der Waals surface area contributed by atoms with Crippen molar-refractivity contribution in [3.8, 4) is 5.75 Å². The zero-order valence-corrected chi connectivity index (χ0v) is 12.0. The minimum atomic E-state index is -0.673. The van der Waals surface area contributed by atoms with Gasteiger partial charge in [-0.1, -0.05) is 6.92 Å². The zero-order chi connectivity index (χ0) is 15.3. The van der Waals surface area contributed by atoms with Crippen molar-refractivity contribution >= 4 is 17.5 Å². The molecule has 6 heteroatoms. The first-order valence-corrected chi connectivity index (χ1v) is 6.37. The fraction of sp³-hybridized carbons (Fsp3) is 0.429. The van der Waals surface area contributed by atoms with Gasteiger partial charge in [0, 0.05) is 12.1 Å². The van der Waals surface area contributed by atoms with E-state index in [1.807, 2.05) is 6.92 Å². The Balaban J connectivity index is 3.10. The molecule has 0 bridgehead atoms. The van der Waals surface area contributed by atoms with Crippen LogP contribution in [-0.2, 0) is 4.79 Å². The number of ether oxygens (including phenoxy) is 1. The summed E-state index contributed by atoms with van der Waals surface area (Å²) in [6.45, 7) is 3.91. The van der Waals surface area contributed by atoms with Crippen molar-refractivity contribution in [1.29, 1.82) is 0 Å². The van der Waals surface area contributed by atoms with Gasteiger partial charge in [0.15, 0.2) is 0 Å². The lowest BCUT2D eigenvalue weighted by Gasteiger charge is -2.25. The molecule has 110 valence electrons. The maximum absolute atomic E-state index is 12.3. The second-order valence-electron chi connectivity index (χ2n) is 4.85. The molecule has 5 N–H and O–H groups in total. The summed E-state index contributed by atoms with van der Waals surface area (Å²) in [5, 5.41) is 2.75. The van der Waals surface area contributed by atoms with Gasteiger partial charge in [-0.2, -0.15) is 0 Å². The van der Waals surface area contributed by atoms with Gasteiger partial charge in [-0.05, 0) is 31.5 Å². The molecule has 0 aliphatic rings.